The highest BCUT2D eigenvalue weighted by Gasteiger charge is 2.32. The summed E-state index contributed by atoms with van der Waals surface area (Å²) in [6, 6.07) is 4.42. The Morgan fingerprint density at radius 3 is 2.00 bits per heavy atom. The van der Waals surface area contributed by atoms with E-state index in [1.165, 1.54) is 12.1 Å². The van der Waals surface area contributed by atoms with Crippen LogP contribution in [0, 0.1) is 0 Å². The molecule has 0 aliphatic heterocycles. The summed E-state index contributed by atoms with van der Waals surface area (Å²) in [7, 11) is 0. The van der Waals surface area contributed by atoms with Gasteiger partial charge in [0.15, 0.2) is 0 Å². The predicted molar refractivity (Wildman–Crippen MR) is 60.1 cm³/mol. The molecule has 0 saturated carbocycles. The van der Waals surface area contributed by atoms with Crippen LogP contribution in [0.4, 0.5) is 13.2 Å². The average molecular weight is 261 g/mol. The quantitative estimate of drug-likeness (QED) is 0.874. The van der Waals surface area contributed by atoms with E-state index in [-0.39, 0.29) is 13.0 Å². The van der Waals surface area contributed by atoms with Gasteiger partial charge in [-0.1, -0.05) is 19.1 Å². The summed E-state index contributed by atoms with van der Waals surface area (Å²) in [5, 5.41) is 8.79. The molecular weight excluding hydrogens is 247 g/mol. The van der Waals surface area contributed by atoms with Crippen LogP contribution in [0.2, 0.25) is 0 Å². The van der Waals surface area contributed by atoms with E-state index in [0.29, 0.717) is 5.56 Å². The zero-order valence-corrected chi connectivity index (χ0v) is 9.79. The zero-order valence-electron chi connectivity index (χ0n) is 9.79. The molecule has 1 rings (SSSR count). The zero-order chi connectivity index (χ0) is 14.0. The minimum atomic E-state index is -4.40. The number of halogens is 3. The highest BCUT2D eigenvalue weighted by molar-refractivity contribution is 5.69. The Kier molecular flexibility index (Phi) is 4.01. The fourth-order valence-corrected chi connectivity index (χ4v) is 1.69. The van der Waals surface area contributed by atoms with Crippen molar-refractivity contribution < 1.29 is 23.1 Å². The number of alkyl halides is 3. The van der Waals surface area contributed by atoms with Crippen LogP contribution in [0.15, 0.2) is 24.3 Å². The second kappa shape index (κ2) is 4.97. The normalized spacial score (nSPS) is 15.2. The van der Waals surface area contributed by atoms with Crippen molar-refractivity contribution in [1.82, 2.24) is 0 Å². The van der Waals surface area contributed by atoms with Crippen LogP contribution in [-0.4, -0.2) is 17.6 Å². The Morgan fingerprint density at radius 2 is 1.67 bits per heavy atom. The molecule has 3 N–H and O–H groups in total. The van der Waals surface area contributed by atoms with Gasteiger partial charge < -0.3 is 10.8 Å². The van der Waals surface area contributed by atoms with E-state index in [2.05, 4.69) is 0 Å². The van der Waals surface area contributed by atoms with Gasteiger partial charge in [-0.15, -0.1) is 0 Å². The predicted octanol–water partition coefficient (Wildman–Crippen LogP) is 2.40. The number of carbonyl (C=O) groups is 1. The molecule has 0 amide bonds. The number of carboxylic acids is 1. The van der Waals surface area contributed by atoms with Gasteiger partial charge in [-0.2, -0.15) is 13.2 Å². The second-order valence-corrected chi connectivity index (χ2v) is 4.41. The molecule has 1 unspecified atom stereocenters. The molecule has 1 atom stereocenters. The highest BCUT2D eigenvalue weighted by Crippen LogP contribution is 2.32. The lowest BCUT2D eigenvalue weighted by Crippen LogP contribution is -2.34. The maximum atomic E-state index is 12.4. The van der Waals surface area contributed by atoms with E-state index >= 15 is 0 Å². The number of hydrogen-bond donors (Lipinski definition) is 2. The van der Waals surface area contributed by atoms with Crippen LogP contribution in [0.5, 0.6) is 0 Å². The molecule has 3 nitrogen and oxygen atoms in total. The molecule has 0 aliphatic rings. The third-order valence-corrected chi connectivity index (χ3v) is 2.90. The SMILES string of the molecule is CC(CN)(CC(=O)O)c1ccc(C(F)(F)F)cc1. The van der Waals surface area contributed by atoms with Gasteiger partial charge in [-0.05, 0) is 17.7 Å². The lowest BCUT2D eigenvalue weighted by molar-refractivity contribution is -0.139. The maximum absolute atomic E-state index is 12.4. The summed E-state index contributed by atoms with van der Waals surface area (Å²) in [6.45, 7) is 1.66. The van der Waals surface area contributed by atoms with Gasteiger partial charge in [0.1, 0.15) is 0 Å². The van der Waals surface area contributed by atoms with Crippen molar-refractivity contribution in [2.75, 3.05) is 6.54 Å². The number of benzene rings is 1. The summed E-state index contributed by atoms with van der Waals surface area (Å²) in [5.41, 5.74) is 4.38. The largest absolute Gasteiger partial charge is 0.481 e. The van der Waals surface area contributed by atoms with Crippen molar-refractivity contribution in [2.24, 2.45) is 5.73 Å². The van der Waals surface area contributed by atoms with Gasteiger partial charge in [0.2, 0.25) is 0 Å². The van der Waals surface area contributed by atoms with Crippen LogP contribution in [0.1, 0.15) is 24.5 Å². The number of nitrogens with two attached hydrogens (primary N) is 1. The minimum Gasteiger partial charge on any atom is -0.481 e. The Bertz CT molecular complexity index is 428. The van der Waals surface area contributed by atoms with Crippen LogP contribution in [0.3, 0.4) is 0 Å². The Balaban J connectivity index is 3.06. The molecule has 100 valence electrons. The van der Waals surface area contributed by atoms with Gasteiger partial charge in [-0.3, -0.25) is 4.79 Å². The Morgan fingerprint density at radius 1 is 1.22 bits per heavy atom. The van der Waals surface area contributed by atoms with E-state index in [1.807, 2.05) is 0 Å². The summed E-state index contributed by atoms with van der Waals surface area (Å²) in [5.74, 6) is -1.04. The Hall–Kier alpha value is -1.56. The monoisotopic (exact) mass is 261 g/mol. The van der Waals surface area contributed by atoms with E-state index in [1.54, 1.807) is 6.92 Å². The topological polar surface area (TPSA) is 63.3 Å². The molecule has 0 aromatic heterocycles. The van der Waals surface area contributed by atoms with Crippen molar-refractivity contribution in [3.8, 4) is 0 Å². The van der Waals surface area contributed by atoms with Crippen molar-refractivity contribution in [1.29, 1.82) is 0 Å². The van der Waals surface area contributed by atoms with Crippen LogP contribution in [0.25, 0.3) is 0 Å². The van der Waals surface area contributed by atoms with E-state index in [0.717, 1.165) is 12.1 Å². The first-order valence-electron chi connectivity index (χ1n) is 5.28. The average Bonchev–Trinajstić information content (AvgIpc) is 2.27. The van der Waals surface area contributed by atoms with Crippen LogP contribution >= 0.6 is 0 Å². The molecule has 1 aromatic carbocycles. The van der Waals surface area contributed by atoms with Crippen molar-refractivity contribution in [3.05, 3.63) is 35.4 Å². The van der Waals surface area contributed by atoms with E-state index < -0.39 is 23.1 Å². The fourth-order valence-electron chi connectivity index (χ4n) is 1.69. The summed E-state index contributed by atoms with van der Waals surface area (Å²) >= 11 is 0. The van der Waals surface area contributed by atoms with Crippen molar-refractivity contribution in [3.63, 3.8) is 0 Å². The third kappa shape index (κ3) is 3.22. The van der Waals surface area contributed by atoms with Gasteiger partial charge in [-0.25, -0.2) is 0 Å². The molecule has 0 heterocycles. The van der Waals surface area contributed by atoms with Crippen molar-refractivity contribution >= 4 is 5.97 Å². The summed E-state index contributed by atoms with van der Waals surface area (Å²) < 4.78 is 37.2. The highest BCUT2D eigenvalue weighted by atomic mass is 19.4. The molecule has 0 bridgehead atoms. The lowest BCUT2D eigenvalue weighted by Gasteiger charge is -2.27. The molecular formula is C12H14F3NO2. The molecule has 0 spiro atoms. The van der Waals surface area contributed by atoms with Crippen molar-refractivity contribution in [2.45, 2.75) is 24.9 Å². The molecule has 0 aliphatic carbocycles. The maximum Gasteiger partial charge on any atom is 0.416 e. The smallest absolute Gasteiger partial charge is 0.416 e. The number of carboxylic acid groups (broad SMARTS) is 1. The number of aliphatic carboxylic acids is 1. The van der Waals surface area contributed by atoms with Crippen LogP contribution < -0.4 is 5.73 Å². The molecule has 0 radical (unpaired) electrons. The van der Waals surface area contributed by atoms with Gasteiger partial charge >= 0.3 is 12.1 Å². The summed E-state index contributed by atoms with van der Waals surface area (Å²) in [4.78, 5) is 10.7. The van der Waals surface area contributed by atoms with Gasteiger partial charge in [0.05, 0.1) is 12.0 Å². The summed E-state index contributed by atoms with van der Waals surface area (Å²) in [6.07, 6.45) is -4.63. The first-order chi connectivity index (χ1) is 8.19. The number of hydrogen-bond acceptors (Lipinski definition) is 2. The standard InChI is InChI=1S/C12H14F3NO2/c1-11(7-16,6-10(17)18)8-2-4-9(5-3-8)12(13,14)15/h2-5H,6-7,16H2,1H3,(H,17,18). The lowest BCUT2D eigenvalue weighted by atomic mass is 9.79. The Labute approximate surface area is 102 Å². The first-order valence-corrected chi connectivity index (χ1v) is 5.28. The first kappa shape index (κ1) is 14.5. The van der Waals surface area contributed by atoms with E-state index in [9.17, 15) is 18.0 Å². The molecule has 0 saturated heterocycles. The van der Waals surface area contributed by atoms with Crippen LogP contribution in [-0.2, 0) is 16.4 Å². The third-order valence-electron chi connectivity index (χ3n) is 2.90. The van der Waals surface area contributed by atoms with Gasteiger partial charge in [0.25, 0.3) is 0 Å². The van der Waals surface area contributed by atoms with E-state index in [4.69, 9.17) is 10.8 Å². The molecule has 0 fully saturated rings. The number of rotatable bonds is 4. The minimum absolute atomic E-state index is 0.0463. The van der Waals surface area contributed by atoms with Gasteiger partial charge in [0, 0.05) is 12.0 Å². The molecule has 1 aromatic rings. The molecule has 6 heteroatoms. The fraction of sp³-hybridized carbons (Fsp3) is 0.417. The molecule has 18 heavy (non-hydrogen) atoms. The second-order valence-electron chi connectivity index (χ2n) is 4.41.